The first-order valence-electron chi connectivity index (χ1n) is 12.5. The Hall–Kier alpha value is -3.52. The van der Waals surface area contributed by atoms with Gasteiger partial charge in [0.15, 0.2) is 0 Å². The van der Waals surface area contributed by atoms with Crippen LogP contribution in [0.3, 0.4) is 0 Å². The lowest BCUT2D eigenvalue weighted by Gasteiger charge is -2.25. The fourth-order valence-electron chi connectivity index (χ4n) is 5.12. The van der Waals surface area contributed by atoms with Crippen molar-refractivity contribution in [3.63, 3.8) is 0 Å². The molecule has 0 amide bonds. The van der Waals surface area contributed by atoms with Gasteiger partial charge in [0.1, 0.15) is 11.5 Å². The topological polar surface area (TPSA) is 18.5 Å². The molecule has 0 unspecified atom stereocenters. The first-order chi connectivity index (χ1) is 16.8. The maximum Gasteiger partial charge on any atom is 0.127 e. The molecule has 0 aromatic heterocycles. The highest BCUT2D eigenvalue weighted by Gasteiger charge is 2.24. The van der Waals surface area contributed by atoms with Crippen molar-refractivity contribution in [2.45, 2.75) is 39.5 Å². The van der Waals surface area contributed by atoms with Crippen LogP contribution < -0.4 is 9.47 Å². The van der Waals surface area contributed by atoms with Crippen molar-refractivity contribution in [2.24, 2.45) is 0 Å². The molecule has 1 aliphatic rings. The van der Waals surface area contributed by atoms with Crippen LogP contribution in [-0.2, 0) is 12.8 Å². The van der Waals surface area contributed by atoms with E-state index < -0.39 is 0 Å². The Morgan fingerprint density at radius 3 is 1.32 bits per heavy atom. The Balaban J connectivity index is 1.84. The molecule has 2 heteroatoms. The van der Waals surface area contributed by atoms with E-state index in [1.807, 2.05) is 0 Å². The van der Waals surface area contributed by atoms with Crippen LogP contribution in [0.4, 0.5) is 0 Å². The quantitative estimate of drug-likeness (QED) is 0.312. The molecule has 0 N–H and O–H groups in total. The van der Waals surface area contributed by atoms with Crippen molar-refractivity contribution >= 4 is 0 Å². The molecule has 0 atom stereocenters. The fraction of sp³-hybridized carbons (Fsp3) is 0.250. The van der Waals surface area contributed by atoms with Crippen LogP contribution in [0.1, 0.15) is 37.8 Å². The normalized spacial score (nSPS) is 13.2. The van der Waals surface area contributed by atoms with Gasteiger partial charge < -0.3 is 9.47 Å². The van der Waals surface area contributed by atoms with Gasteiger partial charge in [0, 0.05) is 11.1 Å². The van der Waals surface area contributed by atoms with Crippen molar-refractivity contribution in [3.8, 4) is 44.9 Å². The molecule has 1 aliphatic heterocycles. The third-order valence-electron chi connectivity index (χ3n) is 6.73. The molecule has 172 valence electrons. The first kappa shape index (κ1) is 22.3. The highest BCUT2D eigenvalue weighted by molar-refractivity contribution is 5.90. The summed E-state index contributed by atoms with van der Waals surface area (Å²) in [5.41, 5.74) is 10.0. The summed E-state index contributed by atoms with van der Waals surface area (Å²) >= 11 is 0. The van der Waals surface area contributed by atoms with Gasteiger partial charge in [-0.25, -0.2) is 0 Å². The van der Waals surface area contributed by atoms with E-state index in [0.717, 1.165) is 37.2 Å². The number of ether oxygens (including phenoxy) is 2. The lowest BCUT2D eigenvalue weighted by Crippen LogP contribution is -2.10. The summed E-state index contributed by atoms with van der Waals surface area (Å²) in [5, 5.41) is 0. The average molecular weight is 449 g/mol. The molecule has 0 aliphatic carbocycles. The minimum atomic E-state index is 0.708. The van der Waals surface area contributed by atoms with Crippen molar-refractivity contribution in [2.75, 3.05) is 13.2 Å². The monoisotopic (exact) mass is 448 g/mol. The summed E-state index contributed by atoms with van der Waals surface area (Å²) in [6.45, 7) is 5.90. The summed E-state index contributed by atoms with van der Waals surface area (Å²) < 4.78 is 12.9. The van der Waals surface area contributed by atoms with Gasteiger partial charge in [0.25, 0.3) is 0 Å². The van der Waals surface area contributed by atoms with Crippen molar-refractivity contribution in [1.29, 1.82) is 0 Å². The van der Waals surface area contributed by atoms with E-state index in [-0.39, 0.29) is 0 Å². The van der Waals surface area contributed by atoms with Crippen molar-refractivity contribution in [3.05, 3.63) is 96.1 Å². The zero-order valence-corrected chi connectivity index (χ0v) is 20.1. The highest BCUT2D eigenvalue weighted by atomic mass is 16.5. The predicted octanol–water partition coefficient (Wildman–Crippen LogP) is 8.36. The fourth-order valence-corrected chi connectivity index (χ4v) is 5.12. The zero-order chi connectivity index (χ0) is 23.3. The van der Waals surface area contributed by atoms with Gasteiger partial charge in [0.2, 0.25) is 0 Å². The SMILES string of the molecule is CCc1c(-c2ccccc2)ccc2c1-c1c(ccc(-c3ccccc3)c1CC)OCCCCO2. The summed E-state index contributed by atoms with van der Waals surface area (Å²) in [6.07, 6.45) is 3.79. The molecule has 0 saturated carbocycles. The van der Waals surface area contributed by atoms with Crippen LogP contribution >= 0.6 is 0 Å². The minimum absolute atomic E-state index is 0.708. The molecule has 0 fully saturated rings. The van der Waals surface area contributed by atoms with Gasteiger partial charge in [0.05, 0.1) is 13.2 Å². The molecule has 2 nitrogen and oxygen atoms in total. The lowest BCUT2D eigenvalue weighted by molar-refractivity contribution is 0.263. The molecule has 1 heterocycles. The summed E-state index contributed by atoms with van der Waals surface area (Å²) in [7, 11) is 0. The summed E-state index contributed by atoms with van der Waals surface area (Å²) in [4.78, 5) is 0. The van der Waals surface area contributed by atoms with Crippen LogP contribution in [0.5, 0.6) is 11.5 Å². The van der Waals surface area contributed by atoms with Gasteiger partial charge in [-0.15, -0.1) is 0 Å². The van der Waals surface area contributed by atoms with E-state index >= 15 is 0 Å². The molecule has 4 aromatic carbocycles. The second-order valence-corrected chi connectivity index (χ2v) is 8.77. The summed E-state index contributed by atoms with van der Waals surface area (Å²) in [5.74, 6) is 1.92. The molecule has 34 heavy (non-hydrogen) atoms. The molecule has 0 bridgehead atoms. The number of hydrogen-bond donors (Lipinski definition) is 0. The van der Waals surface area contributed by atoms with Gasteiger partial charge in [-0.1, -0.05) is 86.6 Å². The maximum atomic E-state index is 6.44. The number of benzene rings is 4. The Morgan fingerprint density at radius 2 is 0.941 bits per heavy atom. The lowest BCUT2D eigenvalue weighted by atomic mass is 9.84. The van der Waals surface area contributed by atoms with Crippen molar-refractivity contribution in [1.82, 2.24) is 0 Å². The Bertz CT molecular complexity index is 1160. The molecule has 4 aromatic rings. The Morgan fingerprint density at radius 1 is 0.529 bits per heavy atom. The van der Waals surface area contributed by atoms with Gasteiger partial charge in [-0.2, -0.15) is 0 Å². The predicted molar refractivity (Wildman–Crippen MR) is 142 cm³/mol. The van der Waals surface area contributed by atoms with Crippen LogP contribution in [-0.4, -0.2) is 13.2 Å². The Kier molecular flexibility index (Phi) is 6.67. The molecule has 5 rings (SSSR count). The third kappa shape index (κ3) is 4.21. The van der Waals surface area contributed by atoms with Gasteiger partial charge in [-0.05, 0) is 71.2 Å². The standard InChI is InChI=1S/C32H32O2/c1-3-25-27(23-13-7-5-8-14-23)17-19-29-31(25)32-26(4-2)28(24-15-9-6-10-16-24)18-20-30(32)34-22-12-11-21-33-29/h5-10,13-20H,3-4,11-12,21-22H2,1-2H3. The minimum Gasteiger partial charge on any atom is -0.493 e. The zero-order valence-electron chi connectivity index (χ0n) is 20.1. The smallest absolute Gasteiger partial charge is 0.127 e. The highest BCUT2D eigenvalue weighted by Crippen LogP contribution is 2.47. The van der Waals surface area contributed by atoms with Crippen molar-refractivity contribution < 1.29 is 9.47 Å². The number of hydrogen-bond acceptors (Lipinski definition) is 2. The van der Waals surface area contributed by atoms with Gasteiger partial charge >= 0.3 is 0 Å². The molecule has 0 spiro atoms. The van der Waals surface area contributed by atoms with E-state index in [2.05, 4.69) is 98.8 Å². The van der Waals surface area contributed by atoms with E-state index in [4.69, 9.17) is 9.47 Å². The number of fused-ring (bicyclic) bond motifs is 3. The second-order valence-electron chi connectivity index (χ2n) is 8.77. The maximum absolute atomic E-state index is 6.44. The van der Waals surface area contributed by atoms with E-state index in [1.54, 1.807) is 0 Å². The Labute approximate surface area is 203 Å². The molecular formula is C32H32O2. The van der Waals surface area contributed by atoms with Crippen LogP contribution in [0.25, 0.3) is 33.4 Å². The van der Waals surface area contributed by atoms with E-state index in [9.17, 15) is 0 Å². The van der Waals surface area contributed by atoms with E-state index in [1.165, 1.54) is 44.5 Å². The molecule has 0 saturated heterocycles. The van der Waals surface area contributed by atoms with Crippen LogP contribution in [0.2, 0.25) is 0 Å². The van der Waals surface area contributed by atoms with E-state index in [0.29, 0.717) is 13.2 Å². The van der Waals surface area contributed by atoms with Gasteiger partial charge in [-0.3, -0.25) is 0 Å². The number of rotatable bonds is 4. The third-order valence-corrected chi connectivity index (χ3v) is 6.73. The second kappa shape index (κ2) is 10.2. The largest absolute Gasteiger partial charge is 0.493 e. The van der Waals surface area contributed by atoms with Crippen LogP contribution in [0.15, 0.2) is 84.9 Å². The molecule has 0 radical (unpaired) electrons. The first-order valence-corrected chi connectivity index (χ1v) is 12.5. The van der Waals surface area contributed by atoms with Crippen LogP contribution in [0, 0.1) is 0 Å². The molecular weight excluding hydrogens is 416 g/mol. The summed E-state index contributed by atoms with van der Waals surface area (Å²) in [6, 6.07) is 30.2. The average Bonchev–Trinajstić information content (AvgIpc) is 2.90.